The highest BCUT2D eigenvalue weighted by molar-refractivity contribution is 7.19. The second-order valence-electron chi connectivity index (χ2n) is 4.79. The van der Waals surface area contributed by atoms with Gasteiger partial charge in [0.1, 0.15) is 16.5 Å². The standard InChI is InChI=1S/C14H12N6OS/c1-8-7-11(16-15-8)12-17-18-14-20(12)19-13(22-14)9-3-5-10(21-2)6-4-9/h3-7H,1-2H3,(H,15,16). The van der Waals surface area contributed by atoms with E-state index in [2.05, 4.69) is 25.5 Å². The third kappa shape index (κ3) is 2.04. The Bertz CT molecular complexity index is 936. The Morgan fingerprint density at radius 3 is 2.68 bits per heavy atom. The first-order valence-electron chi connectivity index (χ1n) is 6.63. The van der Waals surface area contributed by atoms with Crippen molar-refractivity contribution >= 4 is 16.3 Å². The first-order chi connectivity index (χ1) is 10.7. The van der Waals surface area contributed by atoms with Crippen LogP contribution in [0.5, 0.6) is 5.75 Å². The van der Waals surface area contributed by atoms with Gasteiger partial charge in [0, 0.05) is 11.3 Å². The molecule has 7 nitrogen and oxygen atoms in total. The van der Waals surface area contributed by atoms with E-state index in [0.717, 1.165) is 32.7 Å². The average molecular weight is 312 g/mol. The maximum atomic E-state index is 5.17. The quantitative estimate of drug-likeness (QED) is 0.629. The van der Waals surface area contributed by atoms with Crippen LogP contribution < -0.4 is 4.74 Å². The summed E-state index contributed by atoms with van der Waals surface area (Å²) in [6, 6.07) is 9.69. The van der Waals surface area contributed by atoms with Crippen molar-refractivity contribution in [3.05, 3.63) is 36.0 Å². The van der Waals surface area contributed by atoms with Crippen LogP contribution in [0.1, 0.15) is 5.69 Å². The minimum atomic E-state index is 0.635. The summed E-state index contributed by atoms with van der Waals surface area (Å²) >= 11 is 1.49. The van der Waals surface area contributed by atoms with Crippen LogP contribution in [0.15, 0.2) is 30.3 Å². The molecule has 22 heavy (non-hydrogen) atoms. The molecule has 3 aromatic heterocycles. The number of hydrogen-bond acceptors (Lipinski definition) is 6. The highest BCUT2D eigenvalue weighted by atomic mass is 32.1. The smallest absolute Gasteiger partial charge is 0.235 e. The van der Waals surface area contributed by atoms with Crippen molar-refractivity contribution in [2.75, 3.05) is 7.11 Å². The van der Waals surface area contributed by atoms with Gasteiger partial charge in [0.05, 0.1) is 7.11 Å². The maximum absolute atomic E-state index is 5.17. The van der Waals surface area contributed by atoms with Crippen molar-refractivity contribution in [1.29, 1.82) is 0 Å². The number of nitrogens with zero attached hydrogens (tertiary/aromatic N) is 5. The summed E-state index contributed by atoms with van der Waals surface area (Å²) < 4.78 is 6.89. The van der Waals surface area contributed by atoms with Crippen LogP contribution in [0.4, 0.5) is 0 Å². The van der Waals surface area contributed by atoms with E-state index in [-0.39, 0.29) is 0 Å². The Morgan fingerprint density at radius 1 is 1.18 bits per heavy atom. The molecular weight excluding hydrogens is 300 g/mol. The lowest BCUT2D eigenvalue weighted by molar-refractivity contribution is 0.415. The highest BCUT2D eigenvalue weighted by Crippen LogP contribution is 2.28. The minimum absolute atomic E-state index is 0.635. The third-order valence-electron chi connectivity index (χ3n) is 3.26. The van der Waals surface area contributed by atoms with Gasteiger partial charge in [-0.05, 0) is 37.3 Å². The molecule has 0 saturated heterocycles. The number of benzene rings is 1. The van der Waals surface area contributed by atoms with Crippen LogP contribution in [0, 0.1) is 6.92 Å². The van der Waals surface area contributed by atoms with Gasteiger partial charge in [0.25, 0.3) is 0 Å². The van der Waals surface area contributed by atoms with Crippen molar-refractivity contribution in [3.8, 4) is 27.8 Å². The number of H-pyrrole nitrogens is 1. The molecule has 0 aliphatic carbocycles. The Hall–Kier alpha value is -2.74. The summed E-state index contributed by atoms with van der Waals surface area (Å²) in [6.45, 7) is 1.94. The predicted molar refractivity (Wildman–Crippen MR) is 83.0 cm³/mol. The monoisotopic (exact) mass is 312 g/mol. The zero-order valence-electron chi connectivity index (χ0n) is 11.9. The van der Waals surface area contributed by atoms with Crippen LogP contribution in [0.25, 0.3) is 27.1 Å². The molecule has 0 spiro atoms. The summed E-state index contributed by atoms with van der Waals surface area (Å²) in [5, 5.41) is 20.9. The molecule has 0 aliphatic rings. The average Bonchev–Trinajstić information content (AvgIpc) is 3.22. The van der Waals surface area contributed by atoms with E-state index >= 15 is 0 Å². The Kier molecular flexibility index (Phi) is 2.90. The van der Waals surface area contributed by atoms with Crippen molar-refractivity contribution in [2.24, 2.45) is 0 Å². The molecule has 0 atom stereocenters. The van der Waals surface area contributed by atoms with E-state index in [1.165, 1.54) is 11.3 Å². The molecule has 0 unspecified atom stereocenters. The van der Waals surface area contributed by atoms with E-state index in [1.807, 2.05) is 37.3 Å². The number of ether oxygens (including phenoxy) is 1. The molecule has 1 aromatic carbocycles. The van der Waals surface area contributed by atoms with Gasteiger partial charge in [-0.15, -0.1) is 10.2 Å². The fourth-order valence-electron chi connectivity index (χ4n) is 2.16. The van der Waals surface area contributed by atoms with E-state index in [9.17, 15) is 0 Å². The van der Waals surface area contributed by atoms with Gasteiger partial charge in [-0.25, -0.2) is 0 Å². The van der Waals surface area contributed by atoms with Crippen LogP contribution in [0.2, 0.25) is 0 Å². The van der Waals surface area contributed by atoms with Crippen LogP contribution in [-0.4, -0.2) is 37.1 Å². The predicted octanol–water partition coefficient (Wildman–Crippen LogP) is 2.56. The zero-order valence-corrected chi connectivity index (χ0v) is 12.8. The highest BCUT2D eigenvalue weighted by Gasteiger charge is 2.16. The molecule has 0 fully saturated rings. The van der Waals surface area contributed by atoms with Gasteiger partial charge in [0.2, 0.25) is 10.8 Å². The number of aromatic amines is 1. The molecule has 0 amide bonds. The second-order valence-corrected chi connectivity index (χ2v) is 5.75. The first kappa shape index (κ1) is 13.0. The molecule has 0 aliphatic heterocycles. The van der Waals surface area contributed by atoms with Crippen LogP contribution in [-0.2, 0) is 0 Å². The largest absolute Gasteiger partial charge is 0.497 e. The Labute approximate surface area is 129 Å². The maximum Gasteiger partial charge on any atom is 0.235 e. The van der Waals surface area contributed by atoms with E-state index < -0.39 is 0 Å². The van der Waals surface area contributed by atoms with Gasteiger partial charge in [-0.2, -0.15) is 14.7 Å². The lowest BCUT2D eigenvalue weighted by Gasteiger charge is -1.99. The number of aromatic nitrogens is 6. The third-order valence-corrected chi connectivity index (χ3v) is 4.21. The van der Waals surface area contributed by atoms with Crippen molar-refractivity contribution < 1.29 is 4.74 Å². The fraction of sp³-hybridized carbons (Fsp3) is 0.143. The topological polar surface area (TPSA) is 81.0 Å². The molecule has 3 heterocycles. The summed E-state index contributed by atoms with van der Waals surface area (Å²) in [5.74, 6) is 1.45. The second kappa shape index (κ2) is 4.92. The molecule has 4 rings (SSSR count). The van der Waals surface area contributed by atoms with Gasteiger partial charge in [-0.3, -0.25) is 5.10 Å². The van der Waals surface area contributed by atoms with E-state index in [4.69, 9.17) is 4.74 Å². The van der Waals surface area contributed by atoms with Gasteiger partial charge in [0.15, 0.2) is 0 Å². The summed E-state index contributed by atoms with van der Waals surface area (Å²) in [7, 11) is 1.65. The first-order valence-corrected chi connectivity index (χ1v) is 7.45. The number of rotatable bonds is 3. The molecular formula is C14H12N6OS. The number of methoxy groups -OCH3 is 1. The summed E-state index contributed by atoms with van der Waals surface area (Å²) in [6.07, 6.45) is 0. The van der Waals surface area contributed by atoms with Crippen LogP contribution >= 0.6 is 11.3 Å². The summed E-state index contributed by atoms with van der Waals surface area (Å²) in [5.41, 5.74) is 2.72. The normalized spacial score (nSPS) is 11.2. The SMILES string of the molecule is COc1ccc(-c2nn3c(-c4cc(C)[nH]n4)nnc3s2)cc1. The number of hydrogen-bond donors (Lipinski definition) is 1. The van der Waals surface area contributed by atoms with E-state index in [0.29, 0.717) is 5.82 Å². The molecule has 0 bridgehead atoms. The van der Waals surface area contributed by atoms with Gasteiger partial charge < -0.3 is 4.74 Å². The molecule has 8 heteroatoms. The number of fused-ring (bicyclic) bond motifs is 1. The molecule has 110 valence electrons. The van der Waals surface area contributed by atoms with Crippen LogP contribution in [0.3, 0.4) is 0 Å². The lowest BCUT2D eigenvalue weighted by Crippen LogP contribution is -1.91. The fourth-order valence-corrected chi connectivity index (χ4v) is 3.00. The summed E-state index contributed by atoms with van der Waals surface area (Å²) in [4.78, 5) is 0.737. The molecule has 4 aromatic rings. The lowest BCUT2D eigenvalue weighted by atomic mass is 10.2. The molecule has 0 radical (unpaired) electrons. The Morgan fingerprint density at radius 2 is 2.00 bits per heavy atom. The van der Waals surface area contributed by atoms with Gasteiger partial charge >= 0.3 is 0 Å². The van der Waals surface area contributed by atoms with E-state index in [1.54, 1.807) is 11.6 Å². The number of nitrogens with one attached hydrogen (secondary N) is 1. The Balaban J connectivity index is 1.79. The van der Waals surface area contributed by atoms with Crippen molar-refractivity contribution in [1.82, 2.24) is 30.0 Å². The molecule has 1 N–H and O–H groups in total. The van der Waals surface area contributed by atoms with Crippen molar-refractivity contribution in [3.63, 3.8) is 0 Å². The molecule has 0 saturated carbocycles. The van der Waals surface area contributed by atoms with Gasteiger partial charge in [-0.1, -0.05) is 11.3 Å². The zero-order chi connectivity index (χ0) is 15.1. The van der Waals surface area contributed by atoms with Crippen molar-refractivity contribution in [2.45, 2.75) is 6.92 Å². The minimum Gasteiger partial charge on any atom is -0.497 e. The number of aryl methyl sites for hydroxylation is 1.